The van der Waals surface area contributed by atoms with Gasteiger partial charge in [-0.05, 0) is 59.5 Å². The fourth-order valence-corrected chi connectivity index (χ4v) is 3.62. The molecule has 0 rings (SSSR count). The van der Waals surface area contributed by atoms with Gasteiger partial charge in [0.15, 0.2) is 5.78 Å². The standard InChI is InChI=1S/C24H44N4O5/c1-5-6-7-8-11-21(19(3)31)28-23(32)14-13-20(16-18(2)30)27-24(33)22(26-17-29)12-9-10-15-25-4/h17,20-22,25H,5-16H2,1-4H3,(H,26,29)(H,27,33)(H,28,32). The van der Waals surface area contributed by atoms with Gasteiger partial charge >= 0.3 is 0 Å². The lowest BCUT2D eigenvalue weighted by molar-refractivity contribution is -0.128. The molecule has 0 spiro atoms. The Morgan fingerprint density at radius 3 is 2.09 bits per heavy atom. The Balaban J connectivity index is 4.81. The minimum atomic E-state index is -0.687. The van der Waals surface area contributed by atoms with Crippen molar-refractivity contribution in [2.75, 3.05) is 13.6 Å². The van der Waals surface area contributed by atoms with Gasteiger partial charge in [0.05, 0.1) is 6.04 Å². The number of ketones is 2. The molecule has 0 aromatic rings. The van der Waals surface area contributed by atoms with E-state index in [1.165, 1.54) is 13.8 Å². The Kier molecular flexibility index (Phi) is 17.9. The molecule has 3 unspecified atom stereocenters. The molecule has 4 N–H and O–H groups in total. The number of hydrogen-bond acceptors (Lipinski definition) is 6. The monoisotopic (exact) mass is 468 g/mol. The highest BCUT2D eigenvalue weighted by Crippen LogP contribution is 2.09. The lowest BCUT2D eigenvalue weighted by Crippen LogP contribution is -2.48. The second-order valence-corrected chi connectivity index (χ2v) is 8.67. The summed E-state index contributed by atoms with van der Waals surface area (Å²) in [5.41, 5.74) is 0. The summed E-state index contributed by atoms with van der Waals surface area (Å²) < 4.78 is 0. The fourth-order valence-electron chi connectivity index (χ4n) is 3.62. The van der Waals surface area contributed by atoms with E-state index in [0.29, 0.717) is 19.3 Å². The molecule has 190 valence electrons. The fraction of sp³-hybridized carbons (Fsp3) is 0.792. The minimum absolute atomic E-state index is 0.0745. The SMILES string of the molecule is CCCCCCC(NC(=O)CCC(CC(C)=O)NC(=O)C(CCCCNC)NC=O)C(C)=O. The van der Waals surface area contributed by atoms with Crippen LogP contribution < -0.4 is 21.3 Å². The van der Waals surface area contributed by atoms with Gasteiger partial charge in [0, 0.05) is 18.9 Å². The normalized spacial score (nSPS) is 13.5. The number of carbonyl (C=O) groups excluding carboxylic acids is 5. The van der Waals surface area contributed by atoms with Crippen LogP contribution in [0.25, 0.3) is 0 Å². The summed E-state index contributed by atoms with van der Waals surface area (Å²) >= 11 is 0. The smallest absolute Gasteiger partial charge is 0.242 e. The van der Waals surface area contributed by atoms with E-state index in [4.69, 9.17) is 0 Å². The van der Waals surface area contributed by atoms with Crippen LogP contribution in [0.15, 0.2) is 0 Å². The zero-order chi connectivity index (χ0) is 25.1. The molecule has 0 saturated carbocycles. The van der Waals surface area contributed by atoms with Gasteiger partial charge in [-0.3, -0.25) is 24.0 Å². The van der Waals surface area contributed by atoms with Gasteiger partial charge in [0.25, 0.3) is 0 Å². The Hall–Kier alpha value is -2.29. The first-order valence-corrected chi connectivity index (χ1v) is 12.2. The maximum Gasteiger partial charge on any atom is 0.242 e. The molecule has 0 bridgehead atoms. The molecular weight excluding hydrogens is 424 g/mol. The van der Waals surface area contributed by atoms with E-state index in [0.717, 1.165) is 45.1 Å². The van der Waals surface area contributed by atoms with Crippen molar-refractivity contribution in [2.45, 2.75) is 110 Å². The van der Waals surface area contributed by atoms with E-state index < -0.39 is 18.1 Å². The summed E-state index contributed by atoms with van der Waals surface area (Å²) in [4.78, 5) is 59.6. The van der Waals surface area contributed by atoms with E-state index in [1.54, 1.807) is 0 Å². The zero-order valence-corrected chi connectivity index (χ0v) is 20.8. The van der Waals surface area contributed by atoms with Crippen LogP contribution in [0.5, 0.6) is 0 Å². The molecule has 0 saturated heterocycles. The molecule has 0 aliphatic heterocycles. The molecule has 0 aliphatic rings. The number of rotatable bonds is 21. The summed E-state index contributed by atoms with van der Waals surface area (Å²) in [5.74, 6) is -0.819. The first kappa shape index (κ1) is 30.7. The van der Waals surface area contributed by atoms with Crippen LogP contribution in [0.3, 0.4) is 0 Å². The molecule has 33 heavy (non-hydrogen) atoms. The average molecular weight is 469 g/mol. The molecule has 0 fully saturated rings. The number of unbranched alkanes of at least 4 members (excludes halogenated alkanes) is 4. The summed E-state index contributed by atoms with van der Waals surface area (Å²) in [5, 5.41) is 11.2. The highest BCUT2D eigenvalue weighted by atomic mass is 16.2. The lowest BCUT2D eigenvalue weighted by Gasteiger charge is -2.22. The highest BCUT2D eigenvalue weighted by Gasteiger charge is 2.23. The van der Waals surface area contributed by atoms with Crippen LogP contribution in [-0.4, -0.2) is 61.5 Å². The van der Waals surface area contributed by atoms with Crippen molar-refractivity contribution in [3.8, 4) is 0 Å². The van der Waals surface area contributed by atoms with Crippen molar-refractivity contribution in [1.82, 2.24) is 21.3 Å². The summed E-state index contributed by atoms with van der Waals surface area (Å²) in [6.07, 6.45) is 7.76. The molecular formula is C24H44N4O5. The molecule has 9 heteroatoms. The van der Waals surface area contributed by atoms with E-state index in [1.807, 2.05) is 7.05 Å². The number of hydrogen-bond donors (Lipinski definition) is 4. The maximum absolute atomic E-state index is 12.7. The van der Waals surface area contributed by atoms with E-state index >= 15 is 0 Å². The number of Topliss-reactive ketones (excluding diaryl/α,β-unsaturated/α-hetero) is 2. The van der Waals surface area contributed by atoms with Crippen LogP contribution >= 0.6 is 0 Å². The van der Waals surface area contributed by atoms with Crippen molar-refractivity contribution >= 4 is 29.8 Å². The predicted octanol–water partition coefficient (Wildman–Crippen LogP) is 1.78. The topological polar surface area (TPSA) is 133 Å². The third-order valence-electron chi connectivity index (χ3n) is 5.53. The first-order chi connectivity index (χ1) is 15.7. The minimum Gasteiger partial charge on any atom is -0.351 e. The van der Waals surface area contributed by atoms with Gasteiger partial charge in [-0.1, -0.05) is 32.6 Å². The molecule has 9 nitrogen and oxygen atoms in total. The summed E-state index contributed by atoms with van der Waals surface area (Å²) in [6, 6.07) is -1.71. The molecule has 0 aliphatic carbocycles. The van der Waals surface area contributed by atoms with Crippen molar-refractivity contribution in [2.24, 2.45) is 0 Å². The van der Waals surface area contributed by atoms with Gasteiger partial charge in [-0.15, -0.1) is 0 Å². The molecule has 3 amide bonds. The van der Waals surface area contributed by atoms with Crippen molar-refractivity contribution in [3.63, 3.8) is 0 Å². The lowest BCUT2D eigenvalue weighted by atomic mass is 10.0. The second kappa shape index (κ2) is 19.2. The molecule has 0 heterocycles. The van der Waals surface area contributed by atoms with Crippen molar-refractivity contribution in [1.29, 1.82) is 0 Å². The van der Waals surface area contributed by atoms with Gasteiger partial charge in [0.1, 0.15) is 11.8 Å². The average Bonchev–Trinajstić information content (AvgIpc) is 2.75. The second-order valence-electron chi connectivity index (χ2n) is 8.67. The molecule has 0 radical (unpaired) electrons. The van der Waals surface area contributed by atoms with Crippen LogP contribution in [0, 0.1) is 0 Å². The first-order valence-electron chi connectivity index (χ1n) is 12.2. The summed E-state index contributed by atoms with van der Waals surface area (Å²) in [6.45, 7) is 5.83. The third kappa shape index (κ3) is 16.0. The quantitative estimate of drug-likeness (QED) is 0.150. The molecule has 0 aromatic heterocycles. The van der Waals surface area contributed by atoms with E-state index in [2.05, 4.69) is 28.2 Å². The Labute approximate surface area is 198 Å². The Bertz CT molecular complexity index is 612. The van der Waals surface area contributed by atoms with Crippen molar-refractivity contribution < 1.29 is 24.0 Å². The Morgan fingerprint density at radius 1 is 0.848 bits per heavy atom. The molecule has 3 atom stereocenters. The van der Waals surface area contributed by atoms with Gasteiger partial charge < -0.3 is 21.3 Å². The Morgan fingerprint density at radius 2 is 1.52 bits per heavy atom. The van der Waals surface area contributed by atoms with Gasteiger partial charge in [0.2, 0.25) is 18.2 Å². The zero-order valence-electron chi connectivity index (χ0n) is 20.8. The van der Waals surface area contributed by atoms with Crippen LogP contribution in [0.1, 0.15) is 91.4 Å². The van der Waals surface area contributed by atoms with Crippen LogP contribution in [0.4, 0.5) is 0 Å². The van der Waals surface area contributed by atoms with E-state index in [9.17, 15) is 24.0 Å². The number of amides is 3. The van der Waals surface area contributed by atoms with Gasteiger partial charge in [-0.25, -0.2) is 0 Å². The number of carbonyl (C=O) groups is 5. The predicted molar refractivity (Wildman–Crippen MR) is 129 cm³/mol. The van der Waals surface area contributed by atoms with Crippen LogP contribution in [0.2, 0.25) is 0 Å². The highest BCUT2D eigenvalue weighted by molar-refractivity contribution is 5.88. The molecule has 0 aromatic carbocycles. The van der Waals surface area contributed by atoms with E-state index in [-0.39, 0.29) is 42.6 Å². The van der Waals surface area contributed by atoms with Crippen molar-refractivity contribution in [3.05, 3.63) is 0 Å². The largest absolute Gasteiger partial charge is 0.351 e. The maximum atomic E-state index is 12.7. The van der Waals surface area contributed by atoms with Crippen LogP contribution in [-0.2, 0) is 24.0 Å². The number of nitrogens with one attached hydrogen (secondary N) is 4. The summed E-state index contributed by atoms with van der Waals surface area (Å²) in [7, 11) is 1.85. The third-order valence-corrected chi connectivity index (χ3v) is 5.53. The van der Waals surface area contributed by atoms with Gasteiger partial charge in [-0.2, -0.15) is 0 Å².